The Kier molecular flexibility index (Phi) is 13.3. The molecule has 0 aliphatic rings. The monoisotopic (exact) mass is 576 g/mol. The highest BCUT2D eigenvalue weighted by atomic mass is 28.4. The first kappa shape index (κ1) is 32.7. The van der Waals surface area contributed by atoms with E-state index in [1.54, 1.807) is 7.11 Å². The first-order valence-electron chi connectivity index (χ1n) is 14.9. The Hall–Kier alpha value is -2.77. The van der Waals surface area contributed by atoms with E-state index in [2.05, 4.69) is 81.4 Å². The van der Waals surface area contributed by atoms with Gasteiger partial charge in [-0.2, -0.15) is 0 Å². The van der Waals surface area contributed by atoms with E-state index in [4.69, 9.17) is 13.9 Å². The van der Waals surface area contributed by atoms with Gasteiger partial charge in [-0.05, 0) is 52.4 Å². The van der Waals surface area contributed by atoms with Crippen LogP contribution in [0.3, 0.4) is 0 Å². The largest absolute Gasteiger partial charge is 0.497 e. The number of aliphatic hydroxyl groups is 1. The maximum atomic E-state index is 12.4. The number of hydrogen-bond acceptors (Lipinski definition) is 5. The van der Waals surface area contributed by atoms with Crippen LogP contribution in [-0.2, 0) is 20.6 Å². The zero-order chi connectivity index (χ0) is 29.6. The Morgan fingerprint density at radius 1 is 0.780 bits per heavy atom. The van der Waals surface area contributed by atoms with Crippen molar-refractivity contribution in [2.75, 3.05) is 20.3 Å². The number of aliphatic hydroxyl groups excluding tert-OH is 1. The molecule has 0 spiro atoms. The molecule has 0 radical (unpaired) electrons. The van der Waals surface area contributed by atoms with Crippen LogP contribution >= 0.6 is 0 Å². The highest BCUT2D eigenvalue weighted by Crippen LogP contribution is 2.36. The van der Waals surface area contributed by atoms with Gasteiger partial charge in [-0.15, -0.1) is 0 Å². The van der Waals surface area contributed by atoms with E-state index < -0.39 is 14.4 Å². The molecule has 0 saturated carbocycles. The number of carbonyl (C=O) groups is 1. The molecule has 222 valence electrons. The Morgan fingerprint density at radius 3 is 1.93 bits per heavy atom. The Bertz CT molecular complexity index is 1100. The summed E-state index contributed by atoms with van der Waals surface area (Å²) in [5.74, 6) is 0.727. The molecule has 3 aromatic rings. The second kappa shape index (κ2) is 16.6. The highest BCUT2D eigenvalue weighted by Gasteiger charge is 2.49. The summed E-state index contributed by atoms with van der Waals surface area (Å²) in [6.45, 7) is 8.58. The van der Waals surface area contributed by atoms with Crippen molar-refractivity contribution in [2.24, 2.45) is 0 Å². The van der Waals surface area contributed by atoms with Gasteiger partial charge in [0.1, 0.15) is 11.9 Å². The van der Waals surface area contributed by atoms with Crippen LogP contribution in [0.25, 0.3) is 0 Å². The molecule has 0 aliphatic carbocycles. The zero-order valence-corrected chi connectivity index (χ0v) is 26.3. The number of hydrogen-bond donors (Lipinski definition) is 1. The summed E-state index contributed by atoms with van der Waals surface area (Å²) in [5, 5.41) is 12.9. The van der Waals surface area contributed by atoms with Gasteiger partial charge in [0.15, 0.2) is 5.78 Å². The highest BCUT2D eigenvalue weighted by molar-refractivity contribution is 6.99. The van der Waals surface area contributed by atoms with Crippen LogP contribution < -0.4 is 15.1 Å². The van der Waals surface area contributed by atoms with E-state index in [9.17, 15) is 9.90 Å². The number of methoxy groups -OCH3 is 1. The lowest BCUT2D eigenvalue weighted by molar-refractivity contribution is -0.127. The van der Waals surface area contributed by atoms with Crippen molar-refractivity contribution < 1.29 is 23.8 Å². The van der Waals surface area contributed by atoms with Gasteiger partial charge in [-0.1, -0.05) is 113 Å². The van der Waals surface area contributed by atoms with Crippen LogP contribution in [0.4, 0.5) is 0 Å². The molecule has 0 heterocycles. The van der Waals surface area contributed by atoms with Crippen LogP contribution in [0.1, 0.15) is 71.3 Å². The van der Waals surface area contributed by atoms with Gasteiger partial charge in [0.05, 0.1) is 13.7 Å². The molecule has 1 atom stereocenters. The predicted octanol–water partition coefficient (Wildman–Crippen LogP) is 6.45. The van der Waals surface area contributed by atoms with Gasteiger partial charge in [0.25, 0.3) is 8.32 Å². The topological polar surface area (TPSA) is 65.0 Å². The Balaban J connectivity index is 1.36. The normalized spacial score (nSPS) is 12.7. The van der Waals surface area contributed by atoms with Crippen LogP contribution in [0, 0.1) is 0 Å². The summed E-state index contributed by atoms with van der Waals surface area (Å²) < 4.78 is 17.8. The Labute approximate surface area is 248 Å². The van der Waals surface area contributed by atoms with E-state index >= 15 is 0 Å². The molecule has 0 saturated heterocycles. The van der Waals surface area contributed by atoms with Crippen molar-refractivity contribution >= 4 is 24.5 Å². The lowest BCUT2D eigenvalue weighted by Crippen LogP contribution is -2.66. The molecule has 3 aromatic carbocycles. The minimum absolute atomic E-state index is 0.0269. The Morgan fingerprint density at radius 2 is 1.37 bits per heavy atom. The molecule has 0 fully saturated rings. The van der Waals surface area contributed by atoms with E-state index in [0.717, 1.165) is 37.0 Å². The van der Waals surface area contributed by atoms with Crippen LogP contribution in [0.2, 0.25) is 5.04 Å². The third-order valence-corrected chi connectivity index (χ3v) is 12.7. The van der Waals surface area contributed by atoms with E-state index in [0.29, 0.717) is 39.1 Å². The van der Waals surface area contributed by atoms with Crippen molar-refractivity contribution in [3.8, 4) is 5.75 Å². The summed E-state index contributed by atoms with van der Waals surface area (Å²) >= 11 is 0. The lowest BCUT2D eigenvalue weighted by Gasteiger charge is -2.43. The van der Waals surface area contributed by atoms with Gasteiger partial charge < -0.3 is 19.0 Å². The first-order chi connectivity index (χ1) is 19.8. The number of ether oxygens (including phenoxy) is 2. The SMILES string of the molecule is COc1ccc(COCCCC(=O)C(O)CCCCCCO[Si](c2ccccc2)(c2ccccc2)C(C)(C)C)cc1. The third-order valence-electron chi connectivity index (χ3n) is 7.62. The maximum Gasteiger partial charge on any atom is 0.261 e. The molecule has 1 unspecified atom stereocenters. The lowest BCUT2D eigenvalue weighted by atomic mass is 10.0. The van der Waals surface area contributed by atoms with Gasteiger partial charge in [-0.25, -0.2) is 0 Å². The van der Waals surface area contributed by atoms with Crippen molar-refractivity contribution in [1.82, 2.24) is 0 Å². The molecule has 5 nitrogen and oxygen atoms in total. The van der Waals surface area contributed by atoms with E-state index in [1.165, 1.54) is 10.4 Å². The molecular weight excluding hydrogens is 528 g/mol. The van der Waals surface area contributed by atoms with Crippen molar-refractivity contribution in [3.63, 3.8) is 0 Å². The predicted molar refractivity (Wildman–Crippen MR) is 170 cm³/mol. The van der Waals surface area contributed by atoms with Gasteiger partial charge in [0.2, 0.25) is 0 Å². The van der Waals surface area contributed by atoms with Crippen LogP contribution in [-0.4, -0.2) is 45.6 Å². The molecule has 6 heteroatoms. The van der Waals surface area contributed by atoms with E-state index in [-0.39, 0.29) is 10.8 Å². The van der Waals surface area contributed by atoms with Gasteiger partial charge >= 0.3 is 0 Å². The molecule has 1 N–H and O–H groups in total. The molecule has 0 aromatic heterocycles. The second-order valence-corrected chi connectivity index (χ2v) is 16.0. The average molecular weight is 577 g/mol. The molecule has 41 heavy (non-hydrogen) atoms. The maximum absolute atomic E-state index is 12.4. The van der Waals surface area contributed by atoms with Crippen LogP contribution in [0.15, 0.2) is 84.9 Å². The number of unbranched alkanes of at least 4 members (excludes halogenated alkanes) is 3. The van der Waals surface area contributed by atoms with E-state index in [1.807, 2.05) is 24.3 Å². The number of Topliss-reactive ketones (excluding diaryl/α,β-unsaturated/α-hetero) is 1. The van der Waals surface area contributed by atoms with Crippen molar-refractivity contribution in [3.05, 3.63) is 90.5 Å². The fraction of sp³-hybridized carbons (Fsp3) is 0.457. The second-order valence-electron chi connectivity index (χ2n) is 11.7. The number of rotatable bonds is 18. The number of carbonyl (C=O) groups excluding carboxylic acids is 1. The fourth-order valence-electron chi connectivity index (χ4n) is 5.37. The quantitative estimate of drug-likeness (QED) is 0.139. The summed E-state index contributed by atoms with van der Waals surface area (Å²) in [6.07, 6.45) is 4.37. The molecule has 0 aliphatic heterocycles. The summed E-state index contributed by atoms with van der Waals surface area (Å²) in [7, 11) is -0.850. The van der Waals surface area contributed by atoms with Gasteiger partial charge in [-0.3, -0.25) is 4.79 Å². The summed E-state index contributed by atoms with van der Waals surface area (Å²) in [6, 6.07) is 29.2. The molecule has 3 rings (SSSR count). The standard InChI is InChI=1S/C35H48O5Si/c1-35(2,3)41(31-16-9-7-10-17-31,32-18-11-8-12-19-32)40-27-14-6-5-13-20-33(36)34(37)21-15-26-39-28-29-22-24-30(38-4)25-23-29/h7-12,16-19,22-25,33,36H,5-6,13-15,20-21,26-28H2,1-4H3. The number of ketones is 1. The minimum atomic E-state index is -2.49. The number of benzene rings is 3. The molecule has 0 bridgehead atoms. The fourth-order valence-corrected chi connectivity index (χ4v) is 9.97. The molecule has 0 amide bonds. The zero-order valence-electron chi connectivity index (χ0n) is 25.3. The van der Waals surface area contributed by atoms with Crippen molar-refractivity contribution in [1.29, 1.82) is 0 Å². The smallest absolute Gasteiger partial charge is 0.261 e. The summed E-state index contributed by atoms with van der Waals surface area (Å²) in [4.78, 5) is 12.4. The summed E-state index contributed by atoms with van der Waals surface area (Å²) in [5.41, 5.74) is 1.06. The molecular formula is C35H48O5Si. The third kappa shape index (κ3) is 9.64. The minimum Gasteiger partial charge on any atom is -0.497 e. The van der Waals surface area contributed by atoms with Crippen LogP contribution in [0.5, 0.6) is 5.75 Å². The van der Waals surface area contributed by atoms with Crippen molar-refractivity contribution in [2.45, 2.75) is 83.5 Å². The van der Waals surface area contributed by atoms with Gasteiger partial charge in [0, 0.05) is 19.6 Å². The first-order valence-corrected chi connectivity index (χ1v) is 16.8. The average Bonchev–Trinajstić information content (AvgIpc) is 2.98.